The molecule has 1 unspecified atom stereocenters. The maximum Gasteiger partial charge on any atom is 0.282 e. The number of benzene rings is 1. The fourth-order valence-corrected chi connectivity index (χ4v) is 1.03. The quantitative estimate of drug-likeness (QED) is 0.770. The first-order chi connectivity index (χ1) is 8.25. The smallest absolute Gasteiger partial charge is 0.282 e. The molecule has 1 atom stereocenters. The Morgan fingerprint density at radius 2 is 1.17 bits per heavy atom. The molecule has 1 N–H and O–H groups in total. The second-order valence-electron chi connectivity index (χ2n) is 3.44. The Kier molecular flexibility index (Phi) is 8.52. The van der Waals surface area contributed by atoms with Gasteiger partial charge in [-0.2, -0.15) is 0 Å². The van der Waals surface area contributed by atoms with Crippen molar-refractivity contribution in [2.45, 2.75) is 53.1 Å². The van der Waals surface area contributed by atoms with Gasteiger partial charge < -0.3 is 5.11 Å². The van der Waals surface area contributed by atoms with Gasteiger partial charge in [0.2, 0.25) is 0 Å². The van der Waals surface area contributed by atoms with E-state index >= 15 is 0 Å². The lowest BCUT2D eigenvalue weighted by molar-refractivity contribution is -0.119. The minimum Gasteiger partial charge on any atom is -0.508 e. The highest BCUT2D eigenvalue weighted by Gasteiger charge is 2.48. The summed E-state index contributed by atoms with van der Waals surface area (Å²) in [6, 6.07) is 4.65. The van der Waals surface area contributed by atoms with Gasteiger partial charge in [0.15, 0.2) is 5.67 Å². The van der Waals surface area contributed by atoms with E-state index in [9.17, 15) is 13.2 Å². The van der Waals surface area contributed by atoms with E-state index in [4.69, 9.17) is 5.11 Å². The van der Waals surface area contributed by atoms with Crippen LogP contribution >= 0.6 is 0 Å². The van der Waals surface area contributed by atoms with Crippen LogP contribution in [0.25, 0.3) is 0 Å². The first kappa shape index (κ1) is 19.2. The molecule has 0 heterocycles. The predicted octanol–water partition coefficient (Wildman–Crippen LogP) is 5.28. The van der Waals surface area contributed by atoms with Gasteiger partial charge in [0, 0.05) is 6.92 Å². The number of phenolic OH excluding ortho intramolecular Hbond substituents is 1. The first-order valence-corrected chi connectivity index (χ1v) is 6.11. The van der Waals surface area contributed by atoms with E-state index in [0.29, 0.717) is 6.92 Å². The Balaban J connectivity index is 0. The van der Waals surface area contributed by atoms with Crippen molar-refractivity contribution in [2.75, 3.05) is 0 Å². The molecule has 0 aliphatic carbocycles. The van der Waals surface area contributed by atoms with Crippen LogP contribution in [-0.4, -0.2) is 11.0 Å². The molecule has 0 bridgehead atoms. The molecular formula is C14H23F3O. The summed E-state index contributed by atoms with van der Waals surface area (Å²) < 4.78 is 39.3. The van der Waals surface area contributed by atoms with Gasteiger partial charge in [-0.1, -0.05) is 39.8 Å². The summed E-state index contributed by atoms with van der Waals surface area (Å²) in [5.74, 6) is -3.53. The molecule has 106 valence electrons. The SMILES string of the molecule is CC.CC.CC(F)(F)C(C)(F)c1ccc(O)cc1. The van der Waals surface area contributed by atoms with Crippen LogP contribution in [0.4, 0.5) is 13.2 Å². The van der Waals surface area contributed by atoms with E-state index in [0.717, 1.165) is 19.1 Å². The molecule has 0 amide bonds. The summed E-state index contributed by atoms with van der Waals surface area (Å²) in [5, 5.41) is 8.92. The summed E-state index contributed by atoms with van der Waals surface area (Å²) in [7, 11) is 0. The highest BCUT2D eigenvalue weighted by Crippen LogP contribution is 2.40. The minimum absolute atomic E-state index is 0.0797. The monoisotopic (exact) mass is 264 g/mol. The third-order valence-electron chi connectivity index (χ3n) is 2.23. The Labute approximate surface area is 108 Å². The zero-order valence-electron chi connectivity index (χ0n) is 11.9. The van der Waals surface area contributed by atoms with Crippen LogP contribution in [0.1, 0.15) is 47.1 Å². The molecule has 0 spiro atoms. The summed E-state index contributed by atoms with van der Waals surface area (Å²) >= 11 is 0. The van der Waals surface area contributed by atoms with Gasteiger partial charge in [-0.15, -0.1) is 0 Å². The number of hydrogen-bond donors (Lipinski definition) is 1. The van der Waals surface area contributed by atoms with E-state index in [1.807, 2.05) is 27.7 Å². The minimum atomic E-state index is -3.45. The maximum atomic E-state index is 13.6. The van der Waals surface area contributed by atoms with Gasteiger partial charge in [-0.3, -0.25) is 0 Å². The molecule has 1 aromatic carbocycles. The molecule has 0 saturated heterocycles. The lowest BCUT2D eigenvalue weighted by Gasteiger charge is -2.27. The van der Waals surface area contributed by atoms with Crippen LogP contribution in [0.3, 0.4) is 0 Å². The molecule has 18 heavy (non-hydrogen) atoms. The van der Waals surface area contributed by atoms with Crippen molar-refractivity contribution in [3.05, 3.63) is 29.8 Å². The number of rotatable bonds is 2. The molecule has 1 rings (SSSR count). The Morgan fingerprint density at radius 1 is 0.833 bits per heavy atom. The van der Waals surface area contributed by atoms with Crippen LogP contribution in [0.5, 0.6) is 5.75 Å². The third kappa shape index (κ3) is 4.98. The van der Waals surface area contributed by atoms with E-state index in [1.54, 1.807) is 0 Å². The molecular weight excluding hydrogens is 241 g/mol. The van der Waals surface area contributed by atoms with E-state index in [-0.39, 0.29) is 11.3 Å². The van der Waals surface area contributed by atoms with Crippen molar-refractivity contribution in [2.24, 2.45) is 0 Å². The average Bonchev–Trinajstić information content (AvgIpc) is 2.33. The molecule has 1 aromatic rings. The highest BCUT2D eigenvalue weighted by atomic mass is 19.3. The highest BCUT2D eigenvalue weighted by molar-refractivity contribution is 5.30. The second kappa shape index (κ2) is 8.01. The zero-order chi connectivity index (χ0) is 15.0. The molecule has 0 radical (unpaired) electrons. The maximum absolute atomic E-state index is 13.6. The number of alkyl halides is 3. The van der Waals surface area contributed by atoms with Crippen molar-refractivity contribution in [1.82, 2.24) is 0 Å². The lowest BCUT2D eigenvalue weighted by Crippen LogP contribution is -2.36. The van der Waals surface area contributed by atoms with E-state index in [1.165, 1.54) is 12.1 Å². The van der Waals surface area contributed by atoms with Crippen LogP contribution in [0, 0.1) is 0 Å². The second-order valence-corrected chi connectivity index (χ2v) is 3.44. The molecule has 0 aliphatic rings. The van der Waals surface area contributed by atoms with Crippen LogP contribution in [-0.2, 0) is 5.67 Å². The fraction of sp³-hybridized carbons (Fsp3) is 0.571. The molecule has 0 aromatic heterocycles. The topological polar surface area (TPSA) is 20.2 Å². The summed E-state index contributed by atoms with van der Waals surface area (Å²) in [6.45, 7) is 9.35. The number of aromatic hydroxyl groups is 1. The number of halogens is 3. The molecule has 0 aliphatic heterocycles. The third-order valence-corrected chi connectivity index (χ3v) is 2.23. The predicted molar refractivity (Wildman–Crippen MR) is 69.9 cm³/mol. The van der Waals surface area contributed by atoms with Crippen LogP contribution in [0.15, 0.2) is 24.3 Å². The normalized spacial score (nSPS) is 13.4. The van der Waals surface area contributed by atoms with Crippen molar-refractivity contribution in [1.29, 1.82) is 0 Å². The Hall–Kier alpha value is -1.19. The van der Waals surface area contributed by atoms with Crippen molar-refractivity contribution < 1.29 is 18.3 Å². The van der Waals surface area contributed by atoms with Gasteiger partial charge in [0.1, 0.15) is 5.75 Å². The standard InChI is InChI=1S/C10H11F3O.2C2H6/c1-9(11,10(2,12)13)7-3-5-8(14)6-4-7;2*1-2/h3-6,14H,1-2H3;2*1-2H3. The average molecular weight is 264 g/mol. The van der Waals surface area contributed by atoms with Crippen LogP contribution < -0.4 is 0 Å². The molecule has 0 fully saturated rings. The van der Waals surface area contributed by atoms with Gasteiger partial charge in [-0.05, 0) is 24.6 Å². The zero-order valence-corrected chi connectivity index (χ0v) is 11.9. The summed E-state index contributed by atoms with van der Waals surface area (Å²) in [5.41, 5.74) is -2.87. The summed E-state index contributed by atoms with van der Waals surface area (Å²) in [6.07, 6.45) is 0. The van der Waals surface area contributed by atoms with Gasteiger partial charge in [0.05, 0.1) is 0 Å². The van der Waals surface area contributed by atoms with Crippen molar-refractivity contribution in [3.8, 4) is 5.75 Å². The van der Waals surface area contributed by atoms with Crippen molar-refractivity contribution >= 4 is 0 Å². The molecule has 1 nitrogen and oxygen atoms in total. The van der Waals surface area contributed by atoms with Gasteiger partial charge in [-0.25, -0.2) is 13.2 Å². The molecule has 4 heteroatoms. The van der Waals surface area contributed by atoms with Gasteiger partial charge in [0.25, 0.3) is 5.92 Å². The Bertz CT molecular complexity index is 313. The lowest BCUT2D eigenvalue weighted by atomic mass is 9.92. The fourth-order valence-electron chi connectivity index (χ4n) is 1.03. The number of hydrogen-bond acceptors (Lipinski definition) is 1. The van der Waals surface area contributed by atoms with E-state index < -0.39 is 11.6 Å². The largest absolute Gasteiger partial charge is 0.508 e. The number of phenols is 1. The van der Waals surface area contributed by atoms with Crippen LogP contribution in [0.2, 0.25) is 0 Å². The first-order valence-electron chi connectivity index (χ1n) is 6.11. The summed E-state index contributed by atoms with van der Waals surface area (Å²) in [4.78, 5) is 0. The van der Waals surface area contributed by atoms with Crippen molar-refractivity contribution in [3.63, 3.8) is 0 Å². The molecule has 0 saturated carbocycles. The van der Waals surface area contributed by atoms with E-state index in [2.05, 4.69) is 0 Å². The Morgan fingerprint density at radius 3 is 1.44 bits per heavy atom. The van der Waals surface area contributed by atoms with Gasteiger partial charge >= 0.3 is 0 Å².